The molecule has 0 bridgehead atoms. The molecule has 0 aliphatic heterocycles. The Morgan fingerprint density at radius 3 is 2.54 bits per heavy atom. The van der Waals surface area contributed by atoms with Crippen LogP contribution in [0.2, 0.25) is 0 Å². The molecule has 0 aliphatic rings. The van der Waals surface area contributed by atoms with Gasteiger partial charge in [0.15, 0.2) is 5.69 Å². The number of nitrogens with zero attached hydrogens (tertiary/aromatic N) is 3. The summed E-state index contributed by atoms with van der Waals surface area (Å²) in [6.45, 7) is 1.71. The highest BCUT2D eigenvalue weighted by atomic mass is 16.4. The minimum absolute atomic E-state index is 0.0964. The number of carboxylic acids is 1. The Labute approximate surface area is 136 Å². The first-order valence-electron chi connectivity index (χ1n) is 7.18. The number of carbonyl (C=O) groups is 1. The second kappa shape index (κ2) is 6.33. The number of rotatable bonds is 4. The summed E-state index contributed by atoms with van der Waals surface area (Å²) < 4.78 is 1.25. The van der Waals surface area contributed by atoms with Crippen LogP contribution in [0.1, 0.15) is 16.1 Å². The van der Waals surface area contributed by atoms with Crippen molar-refractivity contribution in [2.24, 2.45) is 10.2 Å². The normalized spacial score (nSPS) is 11.0. The molecule has 3 rings (SSSR count). The van der Waals surface area contributed by atoms with Crippen molar-refractivity contribution >= 4 is 17.3 Å². The van der Waals surface area contributed by atoms with E-state index < -0.39 is 11.5 Å². The van der Waals surface area contributed by atoms with E-state index in [1.807, 2.05) is 18.2 Å². The van der Waals surface area contributed by atoms with Gasteiger partial charge in [0.1, 0.15) is 0 Å². The Morgan fingerprint density at radius 2 is 1.83 bits per heavy atom. The first kappa shape index (κ1) is 15.4. The van der Waals surface area contributed by atoms with E-state index in [9.17, 15) is 9.59 Å². The number of hydrogen-bond acceptors (Lipinski definition) is 4. The molecule has 0 radical (unpaired) electrons. The molecule has 3 aromatic rings. The van der Waals surface area contributed by atoms with Crippen molar-refractivity contribution in [3.63, 3.8) is 0 Å². The van der Waals surface area contributed by atoms with Crippen molar-refractivity contribution in [3.05, 3.63) is 76.2 Å². The Balaban J connectivity index is 2.01. The van der Waals surface area contributed by atoms with Crippen molar-refractivity contribution in [2.75, 3.05) is 0 Å². The van der Waals surface area contributed by atoms with Crippen molar-refractivity contribution in [1.29, 1.82) is 0 Å². The molecule has 2 aromatic carbocycles. The van der Waals surface area contributed by atoms with Gasteiger partial charge in [-0.2, -0.15) is 5.11 Å². The molecule has 0 amide bonds. The summed E-state index contributed by atoms with van der Waals surface area (Å²) in [5, 5.41) is 20.0. The molecule has 0 saturated carbocycles. The van der Waals surface area contributed by atoms with Crippen LogP contribution in [0.4, 0.5) is 11.4 Å². The van der Waals surface area contributed by atoms with Crippen LogP contribution in [0, 0.1) is 6.92 Å². The second-order valence-electron chi connectivity index (χ2n) is 5.12. The minimum atomic E-state index is -1.06. The van der Waals surface area contributed by atoms with Crippen molar-refractivity contribution in [2.45, 2.75) is 6.92 Å². The maximum absolute atomic E-state index is 12.5. The predicted octanol–water partition coefficient (Wildman–Crippen LogP) is 3.59. The van der Waals surface area contributed by atoms with Crippen molar-refractivity contribution in [3.8, 4) is 5.69 Å². The molecular weight excluding hydrogens is 308 g/mol. The fourth-order valence-electron chi connectivity index (χ4n) is 2.22. The Bertz CT molecular complexity index is 971. The molecule has 0 fully saturated rings. The zero-order chi connectivity index (χ0) is 17.1. The van der Waals surface area contributed by atoms with E-state index in [4.69, 9.17) is 5.11 Å². The molecule has 7 nitrogen and oxygen atoms in total. The van der Waals surface area contributed by atoms with Crippen LogP contribution in [0.3, 0.4) is 0 Å². The van der Waals surface area contributed by atoms with E-state index in [-0.39, 0.29) is 11.3 Å². The number of aromatic carboxylic acids is 1. The van der Waals surface area contributed by atoms with E-state index in [1.54, 1.807) is 31.2 Å². The molecule has 2 N–H and O–H groups in total. The molecule has 1 aromatic heterocycles. The van der Waals surface area contributed by atoms with Crippen LogP contribution in [-0.4, -0.2) is 20.9 Å². The highest BCUT2D eigenvalue weighted by molar-refractivity contribution is 5.88. The fourth-order valence-corrected chi connectivity index (χ4v) is 2.22. The smallest absolute Gasteiger partial charge is 0.335 e. The maximum atomic E-state index is 12.5. The standard InChI is InChI=1S/C17H14N4O3/c1-11-15(19-18-13-7-3-2-4-8-13)16(22)21(20-11)14-9-5-6-12(10-14)17(23)24/h2-10,20H,1H3,(H,23,24). The molecule has 0 saturated heterocycles. The van der Waals surface area contributed by atoms with E-state index in [0.717, 1.165) is 0 Å². The minimum Gasteiger partial charge on any atom is -0.478 e. The van der Waals surface area contributed by atoms with Gasteiger partial charge in [-0.3, -0.25) is 9.89 Å². The third kappa shape index (κ3) is 3.00. The molecule has 0 atom stereocenters. The lowest BCUT2D eigenvalue weighted by Gasteiger charge is -2.02. The summed E-state index contributed by atoms with van der Waals surface area (Å²) >= 11 is 0. The molecule has 120 valence electrons. The third-order valence-corrected chi connectivity index (χ3v) is 3.41. The van der Waals surface area contributed by atoms with Crippen LogP contribution < -0.4 is 5.56 Å². The van der Waals surface area contributed by atoms with E-state index in [0.29, 0.717) is 17.1 Å². The van der Waals surface area contributed by atoms with E-state index in [1.165, 1.54) is 16.8 Å². The summed E-state index contributed by atoms with van der Waals surface area (Å²) in [5.74, 6) is -1.06. The summed E-state index contributed by atoms with van der Waals surface area (Å²) in [6, 6.07) is 15.2. The van der Waals surface area contributed by atoms with Gasteiger partial charge in [0.05, 0.1) is 22.6 Å². The average Bonchev–Trinajstić information content (AvgIpc) is 2.88. The van der Waals surface area contributed by atoms with Gasteiger partial charge in [0.25, 0.3) is 5.56 Å². The lowest BCUT2D eigenvalue weighted by atomic mass is 10.2. The molecule has 0 unspecified atom stereocenters. The SMILES string of the molecule is Cc1[nH]n(-c2cccc(C(=O)O)c2)c(=O)c1N=Nc1ccccc1. The summed E-state index contributed by atoms with van der Waals surface area (Å²) in [6.07, 6.45) is 0. The average molecular weight is 322 g/mol. The Hall–Kier alpha value is -3.48. The fraction of sp³-hybridized carbons (Fsp3) is 0.0588. The van der Waals surface area contributed by atoms with Crippen LogP contribution >= 0.6 is 0 Å². The molecule has 7 heteroatoms. The van der Waals surface area contributed by atoms with Gasteiger partial charge in [0, 0.05) is 0 Å². The monoisotopic (exact) mass is 322 g/mol. The number of azo groups is 1. The second-order valence-corrected chi connectivity index (χ2v) is 5.12. The zero-order valence-corrected chi connectivity index (χ0v) is 12.8. The van der Waals surface area contributed by atoms with Gasteiger partial charge < -0.3 is 5.11 Å². The number of carboxylic acid groups (broad SMARTS) is 1. The highest BCUT2D eigenvalue weighted by Gasteiger charge is 2.13. The quantitative estimate of drug-likeness (QED) is 0.718. The lowest BCUT2D eigenvalue weighted by Crippen LogP contribution is -2.14. The molecule has 0 aliphatic carbocycles. The number of aromatic amines is 1. The Morgan fingerprint density at radius 1 is 1.08 bits per heavy atom. The molecular formula is C17H14N4O3. The first-order valence-corrected chi connectivity index (χ1v) is 7.18. The first-order chi connectivity index (χ1) is 11.6. The van der Waals surface area contributed by atoms with Crippen molar-refractivity contribution < 1.29 is 9.90 Å². The van der Waals surface area contributed by atoms with Crippen molar-refractivity contribution in [1.82, 2.24) is 9.78 Å². The molecule has 1 heterocycles. The number of aryl methyl sites for hydroxylation is 1. The number of nitrogens with one attached hydrogen (secondary N) is 1. The topological polar surface area (TPSA) is 99.8 Å². The maximum Gasteiger partial charge on any atom is 0.335 e. The van der Waals surface area contributed by atoms with Gasteiger partial charge >= 0.3 is 5.97 Å². The highest BCUT2D eigenvalue weighted by Crippen LogP contribution is 2.18. The van der Waals surface area contributed by atoms with Crippen LogP contribution in [0.15, 0.2) is 69.6 Å². The van der Waals surface area contributed by atoms with Gasteiger partial charge in [0.2, 0.25) is 0 Å². The summed E-state index contributed by atoms with van der Waals surface area (Å²) in [7, 11) is 0. The van der Waals surface area contributed by atoms with E-state index in [2.05, 4.69) is 15.3 Å². The third-order valence-electron chi connectivity index (χ3n) is 3.41. The predicted molar refractivity (Wildman–Crippen MR) is 88.7 cm³/mol. The van der Waals surface area contributed by atoms with Gasteiger partial charge in [-0.25, -0.2) is 9.48 Å². The van der Waals surface area contributed by atoms with Crippen LogP contribution in [0.25, 0.3) is 5.69 Å². The molecule has 24 heavy (non-hydrogen) atoms. The Kier molecular flexibility index (Phi) is 4.07. The number of hydrogen-bond donors (Lipinski definition) is 2. The van der Waals surface area contributed by atoms with E-state index >= 15 is 0 Å². The summed E-state index contributed by atoms with van der Waals surface area (Å²) in [4.78, 5) is 23.6. The number of benzene rings is 2. The van der Waals surface area contributed by atoms with Crippen LogP contribution in [-0.2, 0) is 0 Å². The van der Waals surface area contributed by atoms with Gasteiger partial charge in [-0.05, 0) is 37.3 Å². The number of aromatic nitrogens is 2. The van der Waals surface area contributed by atoms with Gasteiger partial charge in [-0.1, -0.05) is 24.3 Å². The summed E-state index contributed by atoms with van der Waals surface area (Å²) in [5.41, 5.74) is 1.48. The van der Waals surface area contributed by atoms with Crippen LogP contribution in [0.5, 0.6) is 0 Å². The molecule has 0 spiro atoms. The lowest BCUT2D eigenvalue weighted by molar-refractivity contribution is 0.0697. The van der Waals surface area contributed by atoms with Gasteiger partial charge in [-0.15, -0.1) is 5.11 Å². The number of H-pyrrole nitrogens is 1. The largest absolute Gasteiger partial charge is 0.478 e. The zero-order valence-electron chi connectivity index (χ0n) is 12.8.